The Morgan fingerprint density at radius 2 is 2.00 bits per heavy atom. The second-order valence-corrected chi connectivity index (χ2v) is 6.52. The van der Waals surface area contributed by atoms with Crippen molar-refractivity contribution in [3.63, 3.8) is 0 Å². The van der Waals surface area contributed by atoms with Gasteiger partial charge in [0.2, 0.25) is 11.9 Å². The van der Waals surface area contributed by atoms with Gasteiger partial charge in [-0.25, -0.2) is 4.57 Å². The molecule has 0 atom stereocenters. The number of nitrogens with two attached hydrogens (primary N) is 1. The zero-order valence-electron chi connectivity index (χ0n) is 14.8. The molecule has 1 heterocycles. The summed E-state index contributed by atoms with van der Waals surface area (Å²) in [6, 6.07) is 5.62. The number of hydrogen-bond acceptors (Lipinski definition) is 7. The van der Waals surface area contributed by atoms with Gasteiger partial charge in [-0.15, -0.1) is 10.2 Å². The zero-order chi connectivity index (χ0) is 18.2. The lowest BCUT2D eigenvalue weighted by molar-refractivity contribution is 0.0895. The van der Waals surface area contributed by atoms with Crippen molar-refractivity contribution in [2.45, 2.75) is 37.8 Å². The van der Waals surface area contributed by atoms with Crippen molar-refractivity contribution in [1.29, 1.82) is 0 Å². The molecule has 1 aromatic carbocycles. The smallest absolute Gasteiger partial charge is 0.235 e. The molecule has 0 saturated carbocycles. The summed E-state index contributed by atoms with van der Waals surface area (Å²) < 4.78 is 11.9. The topological polar surface area (TPSA) is 92.3 Å². The molecular formula is C17H24N4O3S. The lowest BCUT2D eigenvalue weighted by atomic mass is 10.1. The van der Waals surface area contributed by atoms with E-state index in [1.165, 1.54) is 16.3 Å². The fraction of sp³-hybridized carbons (Fsp3) is 0.471. The summed E-state index contributed by atoms with van der Waals surface area (Å²) in [5.41, 5.74) is 6.80. The van der Waals surface area contributed by atoms with Crippen LogP contribution >= 0.6 is 11.8 Å². The molecule has 25 heavy (non-hydrogen) atoms. The second kappa shape index (κ2) is 9.31. The summed E-state index contributed by atoms with van der Waals surface area (Å²) in [5.74, 6) is 2.22. The van der Waals surface area contributed by atoms with Crippen LogP contribution in [0.3, 0.4) is 0 Å². The van der Waals surface area contributed by atoms with Crippen molar-refractivity contribution in [3.8, 4) is 11.5 Å². The average molecular weight is 364 g/mol. The minimum absolute atomic E-state index is 0.115. The van der Waals surface area contributed by atoms with Gasteiger partial charge >= 0.3 is 0 Å². The Balaban J connectivity index is 2.04. The van der Waals surface area contributed by atoms with Crippen LogP contribution in [0.1, 0.15) is 36.5 Å². The quantitative estimate of drug-likeness (QED) is 0.540. The van der Waals surface area contributed by atoms with E-state index in [0.717, 1.165) is 24.2 Å². The number of thioether (sulfide) groups is 1. The fourth-order valence-corrected chi connectivity index (χ4v) is 3.35. The van der Waals surface area contributed by atoms with Crippen LogP contribution in [0.15, 0.2) is 23.4 Å². The van der Waals surface area contributed by atoms with E-state index in [1.54, 1.807) is 14.2 Å². The Morgan fingerprint density at radius 1 is 1.24 bits per heavy atom. The highest BCUT2D eigenvalue weighted by molar-refractivity contribution is 7.99. The Labute approximate surface area is 151 Å². The molecule has 0 spiro atoms. The third kappa shape index (κ3) is 4.88. The van der Waals surface area contributed by atoms with E-state index in [0.29, 0.717) is 29.5 Å². The predicted octanol–water partition coefficient (Wildman–Crippen LogP) is 3.04. The van der Waals surface area contributed by atoms with E-state index < -0.39 is 0 Å². The number of carbonyl (C=O) groups is 1. The van der Waals surface area contributed by atoms with Gasteiger partial charge in [0.1, 0.15) is 0 Å². The first-order valence-electron chi connectivity index (χ1n) is 8.18. The zero-order valence-corrected chi connectivity index (χ0v) is 15.6. The molecule has 0 amide bonds. The molecule has 1 aromatic heterocycles. The molecule has 2 aromatic rings. The van der Waals surface area contributed by atoms with E-state index >= 15 is 0 Å². The van der Waals surface area contributed by atoms with Crippen molar-refractivity contribution in [1.82, 2.24) is 14.8 Å². The maximum Gasteiger partial charge on any atom is 0.235 e. The number of ether oxygens (including phenoxy) is 2. The lowest BCUT2D eigenvalue weighted by Crippen LogP contribution is -2.15. The van der Waals surface area contributed by atoms with Crippen molar-refractivity contribution in [2.75, 3.05) is 25.7 Å². The van der Waals surface area contributed by atoms with Crippen molar-refractivity contribution in [3.05, 3.63) is 23.8 Å². The van der Waals surface area contributed by atoms with E-state index in [-0.39, 0.29) is 11.9 Å². The molecule has 0 aliphatic carbocycles. The first kappa shape index (κ1) is 19.1. The third-order valence-electron chi connectivity index (χ3n) is 3.71. The monoisotopic (exact) mass is 364 g/mol. The number of nitrogen functional groups attached to an aromatic ring is 1. The van der Waals surface area contributed by atoms with Crippen LogP contribution in [0.4, 0.5) is 5.95 Å². The molecule has 0 aliphatic rings. The number of nitrogens with zero attached hydrogens (tertiary/aromatic N) is 3. The predicted molar refractivity (Wildman–Crippen MR) is 98.6 cm³/mol. The summed E-state index contributed by atoms with van der Waals surface area (Å²) >= 11 is 1.51. The molecule has 0 fully saturated rings. The molecule has 2 rings (SSSR count). The number of hydrogen-bond donors (Lipinski definition) is 1. The highest BCUT2D eigenvalue weighted by Gasteiger charge is 2.17. The van der Waals surface area contributed by atoms with Gasteiger partial charge in [0.15, 0.2) is 16.7 Å². The molecule has 0 unspecified atom stereocenters. The van der Waals surface area contributed by atoms with Crippen molar-refractivity contribution >= 4 is 23.6 Å². The molecule has 136 valence electrons. The van der Waals surface area contributed by atoms with Crippen molar-refractivity contribution in [2.24, 2.45) is 0 Å². The van der Waals surface area contributed by atoms with Crippen LogP contribution in [0.2, 0.25) is 0 Å². The largest absolute Gasteiger partial charge is 0.493 e. The number of unbranched alkanes of at least 4 members (excludes halogenated alkanes) is 1. The molecule has 2 N–H and O–H groups in total. The normalized spacial score (nSPS) is 10.7. The van der Waals surface area contributed by atoms with Gasteiger partial charge in [0.05, 0.1) is 14.2 Å². The number of anilines is 1. The Bertz CT molecular complexity index is 718. The summed E-state index contributed by atoms with van der Waals surface area (Å²) in [7, 11) is 3.18. The highest BCUT2D eigenvalue weighted by Crippen LogP contribution is 2.28. The van der Waals surface area contributed by atoms with Gasteiger partial charge < -0.3 is 15.2 Å². The van der Waals surface area contributed by atoms with Crippen LogP contribution in [-0.4, -0.2) is 40.6 Å². The lowest BCUT2D eigenvalue weighted by Gasteiger charge is -2.10. The first-order chi connectivity index (χ1) is 12.1. The molecule has 0 radical (unpaired) electrons. The van der Waals surface area contributed by atoms with Crippen LogP contribution in [0.25, 0.3) is 0 Å². The minimum Gasteiger partial charge on any atom is -0.493 e. The number of carbonyl (C=O) groups excluding carboxylic acids is 1. The minimum atomic E-state index is -0.115. The molecule has 0 saturated heterocycles. The second-order valence-electron chi connectivity index (χ2n) is 5.46. The van der Waals surface area contributed by atoms with Crippen LogP contribution in [0, 0.1) is 0 Å². The van der Waals surface area contributed by atoms with Gasteiger partial charge in [0.25, 0.3) is 0 Å². The Hall–Kier alpha value is -2.22. The van der Waals surface area contributed by atoms with Gasteiger partial charge in [-0.3, -0.25) is 4.79 Å². The third-order valence-corrected chi connectivity index (χ3v) is 4.73. The molecule has 8 heteroatoms. The summed E-state index contributed by atoms with van der Waals surface area (Å²) in [6.45, 7) is 2.12. The number of rotatable bonds is 9. The number of benzene rings is 1. The van der Waals surface area contributed by atoms with E-state index in [1.807, 2.05) is 18.2 Å². The summed E-state index contributed by atoms with van der Waals surface area (Å²) in [4.78, 5) is 12.6. The first-order valence-corrected chi connectivity index (χ1v) is 9.17. The molecule has 0 bridgehead atoms. The van der Waals surface area contributed by atoms with Crippen LogP contribution in [-0.2, 0) is 6.42 Å². The van der Waals surface area contributed by atoms with Gasteiger partial charge in [-0.1, -0.05) is 31.2 Å². The molecular weight excluding hydrogens is 340 g/mol. The van der Waals surface area contributed by atoms with E-state index in [4.69, 9.17) is 15.2 Å². The van der Waals surface area contributed by atoms with Crippen LogP contribution in [0.5, 0.6) is 11.5 Å². The van der Waals surface area contributed by atoms with E-state index in [9.17, 15) is 4.79 Å². The van der Waals surface area contributed by atoms with Gasteiger partial charge in [-0.05, 0) is 30.5 Å². The highest BCUT2D eigenvalue weighted by atomic mass is 32.2. The maximum atomic E-state index is 12.6. The Kier molecular flexibility index (Phi) is 7.12. The number of aromatic nitrogens is 3. The standard InChI is InChI=1S/C17H24N4O3S/c1-4-5-10-25-17-20-19-16(18)21(17)15(22)9-7-12-6-8-13(23-2)14(11-12)24-3/h6,8,11H,4-5,7,9-10H2,1-3H3,(H2,18,19). The Morgan fingerprint density at radius 3 is 2.68 bits per heavy atom. The SMILES string of the molecule is CCCCSc1nnc(N)n1C(=O)CCc1ccc(OC)c(OC)c1. The van der Waals surface area contributed by atoms with Gasteiger partial charge in [0, 0.05) is 12.2 Å². The van der Waals surface area contributed by atoms with Crippen LogP contribution < -0.4 is 15.2 Å². The van der Waals surface area contributed by atoms with Crippen molar-refractivity contribution < 1.29 is 14.3 Å². The molecule has 0 aliphatic heterocycles. The van der Waals surface area contributed by atoms with Gasteiger partial charge in [-0.2, -0.15) is 0 Å². The maximum absolute atomic E-state index is 12.6. The molecule has 7 nitrogen and oxygen atoms in total. The average Bonchev–Trinajstić information content (AvgIpc) is 3.00. The summed E-state index contributed by atoms with van der Waals surface area (Å²) in [6.07, 6.45) is 3.01. The fourth-order valence-electron chi connectivity index (χ4n) is 2.32. The number of aryl methyl sites for hydroxylation is 1. The summed E-state index contributed by atoms with van der Waals surface area (Å²) in [5, 5.41) is 8.40. The van der Waals surface area contributed by atoms with E-state index in [2.05, 4.69) is 17.1 Å². The number of methoxy groups -OCH3 is 2.